The summed E-state index contributed by atoms with van der Waals surface area (Å²) in [7, 11) is 0. The number of aromatic nitrogens is 1. The van der Waals surface area contributed by atoms with Gasteiger partial charge in [-0.05, 0) is 30.7 Å². The van der Waals surface area contributed by atoms with Gasteiger partial charge in [0.1, 0.15) is 5.82 Å². The minimum Gasteiger partial charge on any atom is -0.384 e. The molecule has 1 aromatic carbocycles. The maximum absolute atomic E-state index is 11.9. The first-order valence-electron chi connectivity index (χ1n) is 5.25. The fraction of sp³-hybridized carbons (Fsp3) is 0.0769. The van der Waals surface area contributed by atoms with Crippen LogP contribution in [0, 0.1) is 6.92 Å². The van der Waals surface area contributed by atoms with E-state index in [1.165, 1.54) is 6.20 Å². The molecule has 2 aromatic rings. The summed E-state index contributed by atoms with van der Waals surface area (Å²) in [5, 5.41) is 2.77. The summed E-state index contributed by atoms with van der Waals surface area (Å²) >= 11 is 0. The zero-order valence-electron chi connectivity index (χ0n) is 9.47. The van der Waals surface area contributed by atoms with Crippen molar-refractivity contribution in [1.29, 1.82) is 0 Å². The Bertz CT molecular complexity index is 535. The number of carbonyl (C=O) groups excluding carboxylic acids is 1. The summed E-state index contributed by atoms with van der Waals surface area (Å²) in [6.45, 7) is 1.90. The van der Waals surface area contributed by atoms with Crippen molar-refractivity contribution in [3.63, 3.8) is 0 Å². The van der Waals surface area contributed by atoms with Gasteiger partial charge in [0.2, 0.25) is 0 Å². The molecule has 0 aliphatic heterocycles. The fourth-order valence-electron chi connectivity index (χ4n) is 1.51. The van der Waals surface area contributed by atoms with Crippen molar-refractivity contribution in [3.8, 4) is 0 Å². The van der Waals surface area contributed by atoms with Gasteiger partial charge in [0.05, 0.1) is 11.9 Å². The Hall–Kier alpha value is -2.36. The summed E-state index contributed by atoms with van der Waals surface area (Å²) in [5.74, 6) is 0.286. The van der Waals surface area contributed by atoms with E-state index in [1.807, 2.05) is 25.1 Å². The van der Waals surface area contributed by atoms with Gasteiger partial charge in [-0.1, -0.05) is 18.2 Å². The van der Waals surface area contributed by atoms with Crippen LogP contribution in [-0.2, 0) is 0 Å². The molecule has 86 valence electrons. The number of anilines is 2. The van der Waals surface area contributed by atoms with Crippen LogP contribution in [0.25, 0.3) is 0 Å². The molecule has 4 nitrogen and oxygen atoms in total. The van der Waals surface area contributed by atoms with Gasteiger partial charge >= 0.3 is 0 Å². The first-order chi connectivity index (χ1) is 8.16. The van der Waals surface area contributed by atoms with Crippen molar-refractivity contribution >= 4 is 17.4 Å². The maximum Gasteiger partial charge on any atom is 0.255 e. The fourth-order valence-corrected chi connectivity index (χ4v) is 1.51. The van der Waals surface area contributed by atoms with Gasteiger partial charge in [-0.2, -0.15) is 0 Å². The molecule has 17 heavy (non-hydrogen) atoms. The number of benzene rings is 1. The first kappa shape index (κ1) is 11.1. The van der Waals surface area contributed by atoms with E-state index >= 15 is 0 Å². The predicted molar refractivity (Wildman–Crippen MR) is 67.8 cm³/mol. The highest BCUT2D eigenvalue weighted by Crippen LogP contribution is 2.12. The Morgan fingerprint density at radius 2 is 2.00 bits per heavy atom. The monoisotopic (exact) mass is 227 g/mol. The van der Waals surface area contributed by atoms with E-state index in [0.717, 1.165) is 5.56 Å². The molecule has 0 aliphatic rings. The molecular formula is C13H13N3O. The summed E-state index contributed by atoms with van der Waals surface area (Å²) in [4.78, 5) is 15.9. The highest BCUT2D eigenvalue weighted by molar-refractivity contribution is 6.05. The molecule has 0 aliphatic carbocycles. The number of amides is 1. The Kier molecular flexibility index (Phi) is 3.05. The molecule has 2 rings (SSSR count). The highest BCUT2D eigenvalue weighted by Gasteiger charge is 2.08. The predicted octanol–water partition coefficient (Wildman–Crippen LogP) is 2.22. The number of pyridine rings is 1. The van der Waals surface area contributed by atoms with E-state index in [-0.39, 0.29) is 5.91 Å². The Morgan fingerprint density at radius 3 is 2.65 bits per heavy atom. The van der Waals surface area contributed by atoms with E-state index in [9.17, 15) is 4.79 Å². The van der Waals surface area contributed by atoms with Crippen molar-refractivity contribution in [1.82, 2.24) is 4.98 Å². The third-order valence-corrected chi connectivity index (χ3v) is 2.43. The number of nitrogens with two attached hydrogens (primary N) is 1. The normalized spacial score (nSPS) is 9.94. The second-order valence-electron chi connectivity index (χ2n) is 3.74. The molecular weight excluding hydrogens is 214 g/mol. The number of hydrogen-bond donors (Lipinski definition) is 2. The van der Waals surface area contributed by atoms with Gasteiger partial charge in [-0.3, -0.25) is 4.79 Å². The number of nitrogens with zero attached hydrogens (tertiary/aromatic N) is 1. The lowest BCUT2D eigenvalue weighted by Gasteiger charge is -2.07. The molecule has 3 N–H and O–H groups in total. The summed E-state index contributed by atoms with van der Waals surface area (Å²) in [5.41, 5.74) is 7.70. The Labute approximate surface area is 99.5 Å². The Balaban J connectivity index is 2.17. The second-order valence-corrected chi connectivity index (χ2v) is 3.74. The van der Waals surface area contributed by atoms with Gasteiger partial charge in [0.25, 0.3) is 5.91 Å². The average Bonchev–Trinajstić information content (AvgIpc) is 2.32. The molecule has 0 saturated heterocycles. The summed E-state index contributed by atoms with van der Waals surface area (Å²) in [6.07, 6.45) is 1.53. The molecule has 0 spiro atoms. The van der Waals surface area contributed by atoms with Crippen LogP contribution in [0.3, 0.4) is 0 Å². The minimum absolute atomic E-state index is 0.144. The number of nitrogens with one attached hydrogen (secondary N) is 1. The van der Waals surface area contributed by atoms with Crippen LogP contribution in [0.5, 0.6) is 0 Å². The van der Waals surface area contributed by atoms with E-state index < -0.39 is 0 Å². The first-order valence-corrected chi connectivity index (χ1v) is 5.25. The minimum atomic E-state index is -0.144. The van der Waals surface area contributed by atoms with Crippen LogP contribution < -0.4 is 11.1 Å². The number of hydrogen-bond acceptors (Lipinski definition) is 3. The van der Waals surface area contributed by atoms with Crippen LogP contribution in [0.1, 0.15) is 15.9 Å². The molecule has 1 amide bonds. The highest BCUT2D eigenvalue weighted by atomic mass is 16.1. The van der Waals surface area contributed by atoms with Gasteiger partial charge in [-0.25, -0.2) is 4.98 Å². The van der Waals surface area contributed by atoms with Crippen molar-refractivity contribution in [2.75, 3.05) is 11.1 Å². The van der Waals surface area contributed by atoms with E-state index in [4.69, 9.17) is 5.73 Å². The molecule has 4 heteroatoms. The largest absolute Gasteiger partial charge is 0.384 e. The smallest absolute Gasteiger partial charge is 0.255 e. The topological polar surface area (TPSA) is 68.0 Å². The molecule has 0 fully saturated rings. The molecule has 0 bridgehead atoms. The van der Waals surface area contributed by atoms with Crippen molar-refractivity contribution in [2.24, 2.45) is 0 Å². The van der Waals surface area contributed by atoms with Crippen LogP contribution in [0.15, 0.2) is 42.6 Å². The standard InChI is InChI=1S/C13H13N3O/c1-9-4-2-3-5-11(9)13(17)16-10-6-7-12(14)15-8-10/h2-8H,1H3,(H2,14,15)(H,16,17). The maximum atomic E-state index is 11.9. The third-order valence-electron chi connectivity index (χ3n) is 2.43. The summed E-state index contributed by atoms with van der Waals surface area (Å²) in [6, 6.07) is 10.8. The van der Waals surface area contributed by atoms with Gasteiger partial charge < -0.3 is 11.1 Å². The lowest BCUT2D eigenvalue weighted by atomic mass is 10.1. The molecule has 0 radical (unpaired) electrons. The quantitative estimate of drug-likeness (QED) is 0.826. The number of nitrogen functional groups attached to an aromatic ring is 1. The summed E-state index contributed by atoms with van der Waals surface area (Å²) < 4.78 is 0. The zero-order valence-corrected chi connectivity index (χ0v) is 9.47. The Morgan fingerprint density at radius 1 is 1.24 bits per heavy atom. The van der Waals surface area contributed by atoms with E-state index in [2.05, 4.69) is 10.3 Å². The molecule has 1 heterocycles. The SMILES string of the molecule is Cc1ccccc1C(=O)Nc1ccc(N)nc1. The van der Waals surface area contributed by atoms with Crippen LogP contribution in [-0.4, -0.2) is 10.9 Å². The molecule has 0 unspecified atom stereocenters. The molecule has 1 aromatic heterocycles. The van der Waals surface area contributed by atoms with Gasteiger partial charge in [-0.15, -0.1) is 0 Å². The van der Waals surface area contributed by atoms with Gasteiger partial charge in [0.15, 0.2) is 0 Å². The van der Waals surface area contributed by atoms with E-state index in [0.29, 0.717) is 17.1 Å². The lowest BCUT2D eigenvalue weighted by Crippen LogP contribution is -2.13. The number of carbonyl (C=O) groups is 1. The number of rotatable bonds is 2. The van der Waals surface area contributed by atoms with Crippen molar-refractivity contribution < 1.29 is 4.79 Å². The lowest BCUT2D eigenvalue weighted by molar-refractivity contribution is 0.102. The third kappa shape index (κ3) is 2.60. The molecule has 0 saturated carbocycles. The van der Waals surface area contributed by atoms with Crippen molar-refractivity contribution in [3.05, 3.63) is 53.7 Å². The average molecular weight is 227 g/mol. The van der Waals surface area contributed by atoms with Gasteiger partial charge in [0, 0.05) is 5.56 Å². The number of aryl methyl sites for hydroxylation is 1. The van der Waals surface area contributed by atoms with Crippen LogP contribution in [0.4, 0.5) is 11.5 Å². The molecule has 0 atom stereocenters. The van der Waals surface area contributed by atoms with Crippen LogP contribution in [0.2, 0.25) is 0 Å². The zero-order chi connectivity index (χ0) is 12.3. The van der Waals surface area contributed by atoms with Crippen molar-refractivity contribution in [2.45, 2.75) is 6.92 Å². The van der Waals surface area contributed by atoms with Crippen LogP contribution >= 0.6 is 0 Å². The second kappa shape index (κ2) is 4.65. The van der Waals surface area contributed by atoms with E-state index in [1.54, 1.807) is 18.2 Å².